The van der Waals surface area contributed by atoms with E-state index in [0.29, 0.717) is 13.1 Å². The van der Waals surface area contributed by atoms with Crippen LogP contribution >= 0.6 is 0 Å². The van der Waals surface area contributed by atoms with Crippen molar-refractivity contribution in [1.29, 1.82) is 0 Å². The van der Waals surface area contributed by atoms with E-state index < -0.39 is 0 Å². The van der Waals surface area contributed by atoms with Gasteiger partial charge in [0.15, 0.2) is 0 Å². The van der Waals surface area contributed by atoms with Crippen molar-refractivity contribution >= 4 is 5.91 Å². The number of nitrogens with one attached hydrogen (secondary N) is 2. The summed E-state index contributed by atoms with van der Waals surface area (Å²) in [5, 5.41) is 5.85. The van der Waals surface area contributed by atoms with Gasteiger partial charge in [0.05, 0.1) is 12.6 Å². The molecule has 84 valence electrons. The average molecular weight is 210 g/mol. The fourth-order valence-corrected chi connectivity index (χ4v) is 1.39. The molecule has 0 aromatic carbocycles. The highest BCUT2D eigenvalue weighted by Gasteiger charge is 2.10. The van der Waals surface area contributed by atoms with Gasteiger partial charge in [-0.1, -0.05) is 0 Å². The van der Waals surface area contributed by atoms with Crippen LogP contribution < -0.4 is 10.6 Å². The molecule has 1 atom stereocenters. The summed E-state index contributed by atoms with van der Waals surface area (Å²) in [5.74, 6) is 0.942. The van der Waals surface area contributed by atoms with Crippen LogP contribution in [0.4, 0.5) is 0 Å². The van der Waals surface area contributed by atoms with Crippen molar-refractivity contribution < 1.29 is 4.79 Å². The van der Waals surface area contributed by atoms with Gasteiger partial charge in [-0.2, -0.15) is 0 Å². The van der Waals surface area contributed by atoms with Crippen molar-refractivity contribution in [3.05, 3.63) is 18.2 Å². The van der Waals surface area contributed by atoms with Crippen molar-refractivity contribution in [2.45, 2.75) is 19.9 Å². The van der Waals surface area contributed by atoms with Gasteiger partial charge in [-0.3, -0.25) is 10.1 Å². The summed E-state index contributed by atoms with van der Waals surface area (Å²) < 4.78 is 1.94. The van der Waals surface area contributed by atoms with Crippen LogP contribution in [-0.4, -0.2) is 28.5 Å². The van der Waals surface area contributed by atoms with Gasteiger partial charge >= 0.3 is 0 Å². The molecule has 0 aliphatic heterocycles. The number of nitrogens with zero attached hydrogens (tertiary/aromatic N) is 2. The molecule has 0 bridgehead atoms. The second kappa shape index (κ2) is 5.50. The van der Waals surface area contributed by atoms with E-state index in [4.69, 9.17) is 0 Å². The Morgan fingerprint density at radius 1 is 1.67 bits per heavy atom. The minimum Gasteiger partial charge on any atom is -0.355 e. The highest BCUT2D eigenvalue weighted by Crippen LogP contribution is 2.07. The maximum Gasteiger partial charge on any atom is 0.233 e. The molecule has 2 N–H and O–H groups in total. The number of imidazole rings is 1. The van der Waals surface area contributed by atoms with Gasteiger partial charge in [-0.05, 0) is 13.8 Å². The molecule has 0 radical (unpaired) electrons. The van der Waals surface area contributed by atoms with Crippen molar-refractivity contribution in [3.8, 4) is 0 Å². The number of likely N-dealkylation sites (N-methyl/N-ethyl adjacent to an activating group) is 1. The Morgan fingerprint density at radius 2 is 2.40 bits per heavy atom. The number of aryl methyl sites for hydroxylation is 1. The van der Waals surface area contributed by atoms with Gasteiger partial charge in [0, 0.05) is 26.0 Å². The first-order chi connectivity index (χ1) is 7.15. The van der Waals surface area contributed by atoms with Crippen LogP contribution in [0.3, 0.4) is 0 Å². The third-order valence-corrected chi connectivity index (χ3v) is 2.19. The summed E-state index contributed by atoms with van der Waals surface area (Å²) in [6.07, 6.45) is 3.64. The Balaban J connectivity index is 2.40. The Kier molecular flexibility index (Phi) is 4.30. The summed E-state index contributed by atoms with van der Waals surface area (Å²) in [6, 6.07) is 0.0765. The topological polar surface area (TPSA) is 59.0 Å². The van der Waals surface area contributed by atoms with Crippen LogP contribution in [0.5, 0.6) is 0 Å². The summed E-state index contributed by atoms with van der Waals surface area (Å²) in [4.78, 5) is 15.4. The molecule has 5 nitrogen and oxygen atoms in total. The molecule has 0 saturated heterocycles. The lowest BCUT2D eigenvalue weighted by Gasteiger charge is -2.13. The zero-order chi connectivity index (χ0) is 11.3. The molecule has 1 amide bonds. The second-order valence-electron chi connectivity index (χ2n) is 3.45. The quantitative estimate of drug-likeness (QED) is 0.730. The molecule has 0 fully saturated rings. The Bertz CT molecular complexity index is 321. The summed E-state index contributed by atoms with van der Waals surface area (Å²) in [6.45, 7) is 4.88. The number of carbonyl (C=O) groups excluding carboxylic acids is 1. The Labute approximate surface area is 89.9 Å². The number of aromatic nitrogens is 2. The van der Waals surface area contributed by atoms with Crippen LogP contribution in [0.2, 0.25) is 0 Å². The third kappa shape index (κ3) is 3.36. The number of carbonyl (C=O) groups is 1. The normalized spacial score (nSPS) is 12.5. The standard InChI is InChI=1S/C10H18N4O/c1-4-11-9(15)7-13-8(2)10-12-5-6-14(10)3/h5-6,8,13H,4,7H2,1-3H3,(H,11,15). The van der Waals surface area contributed by atoms with Gasteiger partial charge in [-0.15, -0.1) is 0 Å². The maximum absolute atomic E-state index is 11.2. The largest absolute Gasteiger partial charge is 0.355 e. The Hall–Kier alpha value is -1.36. The van der Waals surface area contributed by atoms with Crippen molar-refractivity contribution in [3.63, 3.8) is 0 Å². The van der Waals surface area contributed by atoms with Crippen LogP contribution in [0.25, 0.3) is 0 Å². The number of hydrogen-bond acceptors (Lipinski definition) is 3. The first kappa shape index (κ1) is 11.7. The van der Waals surface area contributed by atoms with E-state index in [1.165, 1.54) is 0 Å². The molecule has 1 heterocycles. The van der Waals surface area contributed by atoms with Crippen LogP contribution in [0.1, 0.15) is 25.7 Å². The molecular formula is C10H18N4O. The smallest absolute Gasteiger partial charge is 0.233 e. The van der Waals surface area contributed by atoms with E-state index in [9.17, 15) is 4.79 Å². The zero-order valence-corrected chi connectivity index (χ0v) is 9.45. The lowest BCUT2D eigenvalue weighted by molar-refractivity contribution is -0.120. The van der Waals surface area contributed by atoms with Gasteiger partial charge in [0.2, 0.25) is 5.91 Å². The fourth-order valence-electron chi connectivity index (χ4n) is 1.39. The first-order valence-electron chi connectivity index (χ1n) is 5.12. The van der Waals surface area contributed by atoms with E-state index in [-0.39, 0.29) is 11.9 Å². The minimum atomic E-state index is 0.0126. The van der Waals surface area contributed by atoms with Gasteiger partial charge in [0.1, 0.15) is 5.82 Å². The lowest BCUT2D eigenvalue weighted by atomic mass is 10.3. The minimum absolute atomic E-state index is 0.0126. The summed E-state index contributed by atoms with van der Waals surface area (Å²) in [7, 11) is 1.94. The molecule has 1 aromatic rings. The third-order valence-electron chi connectivity index (χ3n) is 2.19. The average Bonchev–Trinajstić information content (AvgIpc) is 2.61. The predicted molar refractivity (Wildman–Crippen MR) is 58.3 cm³/mol. The van der Waals surface area contributed by atoms with Gasteiger partial charge < -0.3 is 9.88 Å². The number of rotatable bonds is 5. The molecule has 0 spiro atoms. The molecular weight excluding hydrogens is 192 g/mol. The molecule has 15 heavy (non-hydrogen) atoms. The lowest BCUT2D eigenvalue weighted by Crippen LogP contribution is -2.35. The SMILES string of the molecule is CCNC(=O)CNC(C)c1nccn1C. The molecule has 0 saturated carbocycles. The highest BCUT2D eigenvalue weighted by atomic mass is 16.1. The molecule has 5 heteroatoms. The second-order valence-corrected chi connectivity index (χ2v) is 3.45. The summed E-state index contributed by atoms with van der Waals surface area (Å²) >= 11 is 0. The van der Waals surface area contributed by atoms with Crippen LogP contribution in [-0.2, 0) is 11.8 Å². The summed E-state index contributed by atoms with van der Waals surface area (Å²) in [5.41, 5.74) is 0. The molecule has 0 aliphatic carbocycles. The van der Waals surface area contributed by atoms with Gasteiger partial charge in [-0.25, -0.2) is 4.98 Å². The Morgan fingerprint density at radius 3 is 2.93 bits per heavy atom. The maximum atomic E-state index is 11.2. The zero-order valence-electron chi connectivity index (χ0n) is 9.45. The van der Waals surface area contributed by atoms with E-state index in [1.807, 2.05) is 31.7 Å². The monoisotopic (exact) mass is 210 g/mol. The molecule has 1 aromatic heterocycles. The van der Waals surface area contributed by atoms with Crippen LogP contribution in [0, 0.1) is 0 Å². The fraction of sp³-hybridized carbons (Fsp3) is 0.600. The first-order valence-corrected chi connectivity index (χ1v) is 5.12. The van der Waals surface area contributed by atoms with E-state index in [0.717, 1.165) is 5.82 Å². The number of hydrogen-bond donors (Lipinski definition) is 2. The molecule has 1 rings (SSSR count). The van der Waals surface area contributed by atoms with E-state index >= 15 is 0 Å². The van der Waals surface area contributed by atoms with Gasteiger partial charge in [0.25, 0.3) is 0 Å². The van der Waals surface area contributed by atoms with Crippen molar-refractivity contribution in [1.82, 2.24) is 20.2 Å². The van der Waals surface area contributed by atoms with Crippen molar-refractivity contribution in [2.75, 3.05) is 13.1 Å². The number of amides is 1. The molecule has 1 unspecified atom stereocenters. The highest BCUT2D eigenvalue weighted by molar-refractivity contribution is 5.77. The van der Waals surface area contributed by atoms with E-state index in [2.05, 4.69) is 15.6 Å². The van der Waals surface area contributed by atoms with Crippen molar-refractivity contribution in [2.24, 2.45) is 7.05 Å². The molecule has 0 aliphatic rings. The van der Waals surface area contributed by atoms with Crippen LogP contribution in [0.15, 0.2) is 12.4 Å². The van der Waals surface area contributed by atoms with E-state index in [1.54, 1.807) is 6.20 Å². The predicted octanol–water partition coefficient (Wildman–Crippen LogP) is 0.207.